The first kappa shape index (κ1) is 8.93. The van der Waals surface area contributed by atoms with Gasteiger partial charge in [0.05, 0.1) is 19.4 Å². The van der Waals surface area contributed by atoms with Crippen LogP contribution in [-0.4, -0.2) is 36.0 Å². The standard InChI is InChI=1S/C8H13N3O/c1-11-5-3-10-8(11)7-9-4-6-12-2/h3,5,7H,4,6H2,1-2H3. The largest absolute Gasteiger partial charge is 0.383 e. The summed E-state index contributed by atoms with van der Waals surface area (Å²) >= 11 is 0. The third kappa shape index (κ3) is 2.47. The van der Waals surface area contributed by atoms with E-state index in [2.05, 4.69) is 9.98 Å². The van der Waals surface area contributed by atoms with E-state index in [1.54, 1.807) is 19.5 Å². The van der Waals surface area contributed by atoms with Crippen molar-refractivity contribution in [3.63, 3.8) is 0 Å². The molecule has 4 nitrogen and oxygen atoms in total. The zero-order valence-corrected chi connectivity index (χ0v) is 7.40. The molecule has 1 heterocycles. The molecule has 0 aliphatic rings. The molecule has 0 spiro atoms. The highest BCUT2D eigenvalue weighted by Gasteiger charge is 1.91. The van der Waals surface area contributed by atoms with Gasteiger partial charge < -0.3 is 9.30 Å². The van der Waals surface area contributed by atoms with Crippen molar-refractivity contribution < 1.29 is 4.74 Å². The van der Waals surface area contributed by atoms with E-state index in [1.807, 2.05) is 17.8 Å². The Kier molecular flexibility index (Phi) is 3.47. The summed E-state index contributed by atoms with van der Waals surface area (Å²) < 4.78 is 6.76. The average Bonchev–Trinajstić information content (AvgIpc) is 2.46. The predicted molar refractivity (Wildman–Crippen MR) is 47.5 cm³/mol. The van der Waals surface area contributed by atoms with Gasteiger partial charge in [0.2, 0.25) is 0 Å². The van der Waals surface area contributed by atoms with Crippen molar-refractivity contribution >= 4 is 6.21 Å². The number of hydrogen-bond acceptors (Lipinski definition) is 3. The fourth-order valence-electron chi connectivity index (χ4n) is 0.792. The molecule has 0 aliphatic heterocycles. The van der Waals surface area contributed by atoms with E-state index in [4.69, 9.17) is 4.74 Å². The Morgan fingerprint density at radius 1 is 1.75 bits per heavy atom. The molecule has 0 aromatic carbocycles. The number of ether oxygens (including phenoxy) is 1. The van der Waals surface area contributed by atoms with Crippen LogP contribution in [0.25, 0.3) is 0 Å². The van der Waals surface area contributed by atoms with Gasteiger partial charge in [-0.1, -0.05) is 0 Å². The van der Waals surface area contributed by atoms with Crippen LogP contribution in [0, 0.1) is 0 Å². The zero-order chi connectivity index (χ0) is 8.81. The number of aliphatic imine (C=N–C) groups is 1. The van der Waals surface area contributed by atoms with Crippen molar-refractivity contribution in [3.05, 3.63) is 18.2 Å². The summed E-state index contributed by atoms with van der Waals surface area (Å²) in [5.41, 5.74) is 0. The van der Waals surface area contributed by atoms with Gasteiger partial charge in [0.1, 0.15) is 5.82 Å². The molecule has 0 saturated carbocycles. The van der Waals surface area contributed by atoms with Crippen LogP contribution in [0.15, 0.2) is 17.4 Å². The second-order valence-corrected chi connectivity index (χ2v) is 2.42. The lowest BCUT2D eigenvalue weighted by atomic mass is 10.6. The molecule has 0 fully saturated rings. The SMILES string of the molecule is COCCN=Cc1nccn1C. The third-order valence-corrected chi connectivity index (χ3v) is 1.49. The highest BCUT2D eigenvalue weighted by atomic mass is 16.5. The Labute approximate surface area is 71.9 Å². The predicted octanol–water partition coefficient (Wildman–Crippen LogP) is 0.485. The summed E-state index contributed by atoms with van der Waals surface area (Å²) in [6, 6.07) is 0. The summed E-state index contributed by atoms with van der Waals surface area (Å²) in [6.45, 7) is 1.34. The van der Waals surface area contributed by atoms with E-state index < -0.39 is 0 Å². The van der Waals surface area contributed by atoms with Gasteiger partial charge in [-0.25, -0.2) is 4.98 Å². The number of rotatable bonds is 4. The summed E-state index contributed by atoms with van der Waals surface area (Å²) in [5.74, 6) is 0.867. The van der Waals surface area contributed by atoms with Gasteiger partial charge in [0, 0.05) is 26.6 Å². The number of hydrogen-bond donors (Lipinski definition) is 0. The summed E-state index contributed by atoms with van der Waals surface area (Å²) in [5, 5.41) is 0. The fraction of sp³-hybridized carbons (Fsp3) is 0.500. The lowest BCUT2D eigenvalue weighted by Crippen LogP contribution is -1.98. The number of aromatic nitrogens is 2. The van der Waals surface area contributed by atoms with Gasteiger partial charge in [0.15, 0.2) is 0 Å². The van der Waals surface area contributed by atoms with Crippen LogP contribution in [-0.2, 0) is 11.8 Å². The Bertz CT molecular complexity index is 255. The maximum Gasteiger partial charge on any atom is 0.150 e. The van der Waals surface area contributed by atoms with Gasteiger partial charge in [-0.15, -0.1) is 0 Å². The van der Waals surface area contributed by atoms with Crippen molar-refractivity contribution in [2.24, 2.45) is 12.0 Å². The van der Waals surface area contributed by atoms with Crippen molar-refractivity contribution in [2.75, 3.05) is 20.3 Å². The molecule has 0 N–H and O–H groups in total. The molecule has 0 saturated heterocycles. The quantitative estimate of drug-likeness (QED) is 0.483. The van der Waals surface area contributed by atoms with Crippen molar-refractivity contribution in [1.29, 1.82) is 0 Å². The molecule has 0 unspecified atom stereocenters. The Morgan fingerprint density at radius 3 is 3.17 bits per heavy atom. The topological polar surface area (TPSA) is 39.4 Å². The summed E-state index contributed by atoms with van der Waals surface area (Å²) in [6.07, 6.45) is 5.38. The first-order valence-corrected chi connectivity index (χ1v) is 3.80. The van der Waals surface area contributed by atoms with Gasteiger partial charge >= 0.3 is 0 Å². The molecular formula is C8H13N3O. The molecule has 0 radical (unpaired) electrons. The van der Waals surface area contributed by atoms with Gasteiger partial charge in [-0.2, -0.15) is 0 Å². The molecule has 0 atom stereocenters. The van der Waals surface area contributed by atoms with E-state index in [0.717, 1.165) is 5.82 Å². The first-order chi connectivity index (χ1) is 5.84. The van der Waals surface area contributed by atoms with Crippen LogP contribution >= 0.6 is 0 Å². The van der Waals surface area contributed by atoms with Crippen molar-refractivity contribution in [1.82, 2.24) is 9.55 Å². The van der Waals surface area contributed by atoms with E-state index in [-0.39, 0.29) is 0 Å². The normalized spacial score (nSPS) is 11.2. The van der Waals surface area contributed by atoms with Crippen LogP contribution in [0.3, 0.4) is 0 Å². The third-order valence-electron chi connectivity index (χ3n) is 1.49. The van der Waals surface area contributed by atoms with Gasteiger partial charge in [0.25, 0.3) is 0 Å². The average molecular weight is 167 g/mol. The minimum absolute atomic E-state index is 0.654. The number of imidazole rings is 1. The summed E-state index contributed by atoms with van der Waals surface area (Å²) in [4.78, 5) is 8.22. The Balaban J connectivity index is 2.41. The molecule has 1 rings (SSSR count). The molecular weight excluding hydrogens is 154 g/mol. The van der Waals surface area contributed by atoms with E-state index in [1.165, 1.54) is 0 Å². The lowest BCUT2D eigenvalue weighted by molar-refractivity contribution is 0.208. The van der Waals surface area contributed by atoms with Crippen LogP contribution in [0.5, 0.6) is 0 Å². The van der Waals surface area contributed by atoms with Crippen LogP contribution < -0.4 is 0 Å². The monoisotopic (exact) mass is 167 g/mol. The van der Waals surface area contributed by atoms with Gasteiger partial charge in [-0.3, -0.25) is 4.99 Å². The molecule has 66 valence electrons. The highest BCUT2D eigenvalue weighted by Crippen LogP contribution is 1.88. The second-order valence-electron chi connectivity index (χ2n) is 2.42. The van der Waals surface area contributed by atoms with E-state index in [0.29, 0.717) is 13.2 Å². The van der Waals surface area contributed by atoms with Crippen molar-refractivity contribution in [2.45, 2.75) is 0 Å². The molecule has 1 aromatic rings. The number of nitrogens with zero attached hydrogens (tertiary/aromatic N) is 3. The Morgan fingerprint density at radius 2 is 2.58 bits per heavy atom. The highest BCUT2D eigenvalue weighted by molar-refractivity contribution is 5.74. The molecule has 0 amide bonds. The molecule has 12 heavy (non-hydrogen) atoms. The fourth-order valence-corrected chi connectivity index (χ4v) is 0.792. The number of aryl methyl sites for hydroxylation is 1. The van der Waals surface area contributed by atoms with Crippen LogP contribution in [0.2, 0.25) is 0 Å². The van der Waals surface area contributed by atoms with E-state index in [9.17, 15) is 0 Å². The zero-order valence-electron chi connectivity index (χ0n) is 7.40. The summed E-state index contributed by atoms with van der Waals surface area (Å²) in [7, 11) is 3.60. The minimum atomic E-state index is 0.654. The second kappa shape index (κ2) is 4.66. The molecule has 0 bridgehead atoms. The molecule has 4 heteroatoms. The smallest absolute Gasteiger partial charge is 0.150 e. The van der Waals surface area contributed by atoms with Gasteiger partial charge in [-0.05, 0) is 0 Å². The first-order valence-electron chi connectivity index (χ1n) is 3.80. The maximum atomic E-state index is 4.85. The molecule has 1 aromatic heterocycles. The van der Waals surface area contributed by atoms with Crippen molar-refractivity contribution in [3.8, 4) is 0 Å². The Hall–Kier alpha value is -1.16. The lowest BCUT2D eigenvalue weighted by Gasteiger charge is -1.93. The van der Waals surface area contributed by atoms with E-state index >= 15 is 0 Å². The van der Waals surface area contributed by atoms with Crippen LogP contribution in [0.1, 0.15) is 5.82 Å². The maximum absolute atomic E-state index is 4.85. The number of methoxy groups -OCH3 is 1. The van der Waals surface area contributed by atoms with Crippen LogP contribution in [0.4, 0.5) is 0 Å². The minimum Gasteiger partial charge on any atom is -0.383 e. The molecule has 0 aliphatic carbocycles.